The molecule has 0 saturated heterocycles. The van der Waals surface area contributed by atoms with E-state index in [1.165, 1.54) is 23.6 Å². The topological polar surface area (TPSA) is 12.9 Å². The van der Waals surface area contributed by atoms with Gasteiger partial charge in [-0.3, -0.25) is 4.98 Å². The molecule has 0 fully saturated rings. The third kappa shape index (κ3) is 3.77. The van der Waals surface area contributed by atoms with Crippen LogP contribution in [0.3, 0.4) is 0 Å². The summed E-state index contributed by atoms with van der Waals surface area (Å²) in [6.45, 7) is 2.22. The fraction of sp³-hybridized carbons (Fsp3) is 0.500. The van der Waals surface area contributed by atoms with E-state index in [1.807, 2.05) is 30.1 Å². The first-order valence-corrected chi connectivity index (χ1v) is 5.56. The number of hydrogen-bond acceptors (Lipinski definition) is 2. The van der Waals surface area contributed by atoms with E-state index in [9.17, 15) is 0 Å². The molecule has 1 aromatic heterocycles. The lowest BCUT2D eigenvalue weighted by Gasteiger charge is -1.98. The number of thioether (sulfide) groups is 1. The smallest absolute Gasteiger partial charge is 0.0411 e. The fourth-order valence-electron chi connectivity index (χ4n) is 0.969. The van der Waals surface area contributed by atoms with Gasteiger partial charge in [-0.15, -0.1) is 0 Å². The van der Waals surface area contributed by atoms with Gasteiger partial charge in [0, 0.05) is 11.9 Å². The number of pyridine rings is 1. The number of aryl methyl sites for hydroxylation is 1. The zero-order chi connectivity index (χ0) is 8.65. The van der Waals surface area contributed by atoms with Crippen molar-refractivity contribution in [3.8, 4) is 0 Å². The van der Waals surface area contributed by atoms with Gasteiger partial charge in [-0.25, -0.2) is 0 Å². The molecule has 0 aromatic carbocycles. The zero-order valence-electron chi connectivity index (χ0n) is 7.49. The summed E-state index contributed by atoms with van der Waals surface area (Å²) in [5, 5.41) is 0. The van der Waals surface area contributed by atoms with Crippen LogP contribution in [-0.4, -0.2) is 16.5 Å². The molecule has 0 N–H and O–H groups in total. The summed E-state index contributed by atoms with van der Waals surface area (Å²) < 4.78 is 0. The summed E-state index contributed by atoms with van der Waals surface area (Å²) in [4.78, 5) is 4.26. The first-order valence-electron chi connectivity index (χ1n) is 4.41. The van der Waals surface area contributed by atoms with Crippen LogP contribution in [0.1, 0.15) is 19.0 Å². The summed E-state index contributed by atoms with van der Waals surface area (Å²) in [5.41, 5.74) is 1.21. The first-order chi connectivity index (χ1) is 5.93. The van der Waals surface area contributed by atoms with E-state index < -0.39 is 0 Å². The molecule has 1 rings (SSSR count). The van der Waals surface area contributed by atoms with Crippen LogP contribution >= 0.6 is 11.8 Å². The van der Waals surface area contributed by atoms with Crippen LogP contribution < -0.4 is 0 Å². The summed E-state index contributed by atoms with van der Waals surface area (Å²) in [6, 6.07) is 6.10. The van der Waals surface area contributed by atoms with Crippen molar-refractivity contribution in [2.24, 2.45) is 0 Å². The third-order valence-corrected chi connectivity index (χ3v) is 2.77. The maximum Gasteiger partial charge on any atom is 0.0411 e. The Balaban J connectivity index is 2.16. The van der Waals surface area contributed by atoms with Gasteiger partial charge in [0.2, 0.25) is 0 Å². The highest BCUT2D eigenvalue weighted by atomic mass is 32.2. The van der Waals surface area contributed by atoms with Gasteiger partial charge in [-0.05, 0) is 36.5 Å². The molecule has 0 bridgehead atoms. The predicted octanol–water partition coefficient (Wildman–Crippen LogP) is 2.77. The van der Waals surface area contributed by atoms with Crippen molar-refractivity contribution >= 4 is 11.8 Å². The number of hydrogen-bond donors (Lipinski definition) is 0. The maximum atomic E-state index is 4.26. The molecule has 0 spiro atoms. The SMILES string of the molecule is CCCSCCc1ccccn1. The summed E-state index contributed by atoms with van der Waals surface area (Å²) >= 11 is 2.01. The summed E-state index contributed by atoms with van der Waals surface area (Å²) in [5.74, 6) is 2.47. The van der Waals surface area contributed by atoms with Crippen LogP contribution in [0.15, 0.2) is 24.4 Å². The van der Waals surface area contributed by atoms with Crippen molar-refractivity contribution in [3.63, 3.8) is 0 Å². The van der Waals surface area contributed by atoms with Crippen molar-refractivity contribution in [2.45, 2.75) is 19.8 Å². The predicted molar refractivity (Wildman–Crippen MR) is 55.6 cm³/mol. The largest absolute Gasteiger partial charge is 0.261 e. The normalized spacial score (nSPS) is 10.1. The van der Waals surface area contributed by atoms with E-state index in [2.05, 4.69) is 18.0 Å². The van der Waals surface area contributed by atoms with E-state index in [-0.39, 0.29) is 0 Å². The minimum Gasteiger partial charge on any atom is -0.261 e. The Morgan fingerprint density at radius 2 is 2.25 bits per heavy atom. The van der Waals surface area contributed by atoms with E-state index >= 15 is 0 Å². The van der Waals surface area contributed by atoms with Crippen LogP contribution in [0.25, 0.3) is 0 Å². The van der Waals surface area contributed by atoms with Crippen molar-refractivity contribution in [2.75, 3.05) is 11.5 Å². The van der Waals surface area contributed by atoms with Gasteiger partial charge >= 0.3 is 0 Å². The highest BCUT2D eigenvalue weighted by Gasteiger charge is 1.92. The molecule has 0 aliphatic heterocycles. The molecule has 0 radical (unpaired) electrons. The van der Waals surface area contributed by atoms with Crippen LogP contribution in [-0.2, 0) is 6.42 Å². The molecule has 1 heterocycles. The Kier molecular flexibility index (Phi) is 4.85. The number of nitrogens with zero attached hydrogens (tertiary/aromatic N) is 1. The van der Waals surface area contributed by atoms with Crippen LogP contribution in [0.4, 0.5) is 0 Å². The second-order valence-electron chi connectivity index (χ2n) is 2.68. The summed E-state index contributed by atoms with van der Waals surface area (Å²) in [7, 11) is 0. The molecule has 0 aliphatic carbocycles. The maximum absolute atomic E-state index is 4.26. The van der Waals surface area contributed by atoms with Gasteiger partial charge in [0.15, 0.2) is 0 Å². The number of aromatic nitrogens is 1. The monoisotopic (exact) mass is 181 g/mol. The molecular formula is C10H15NS. The van der Waals surface area contributed by atoms with Crippen LogP contribution in [0.5, 0.6) is 0 Å². The quantitative estimate of drug-likeness (QED) is 0.648. The standard InChI is InChI=1S/C10H15NS/c1-2-8-12-9-6-10-5-3-4-7-11-10/h3-5,7H,2,6,8-9H2,1H3. The Bertz CT molecular complexity index is 198. The average molecular weight is 181 g/mol. The molecule has 0 unspecified atom stereocenters. The molecule has 12 heavy (non-hydrogen) atoms. The van der Waals surface area contributed by atoms with Gasteiger partial charge in [0.05, 0.1) is 0 Å². The molecule has 0 amide bonds. The second-order valence-corrected chi connectivity index (χ2v) is 3.91. The number of rotatable bonds is 5. The van der Waals surface area contributed by atoms with Gasteiger partial charge in [-0.1, -0.05) is 13.0 Å². The molecule has 1 nitrogen and oxygen atoms in total. The highest BCUT2D eigenvalue weighted by molar-refractivity contribution is 7.99. The first kappa shape index (κ1) is 9.59. The zero-order valence-corrected chi connectivity index (χ0v) is 8.31. The minimum atomic E-state index is 1.10. The van der Waals surface area contributed by atoms with Crippen molar-refractivity contribution in [3.05, 3.63) is 30.1 Å². The van der Waals surface area contributed by atoms with Crippen LogP contribution in [0.2, 0.25) is 0 Å². The van der Waals surface area contributed by atoms with E-state index in [0.29, 0.717) is 0 Å². The van der Waals surface area contributed by atoms with Gasteiger partial charge in [0.1, 0.15) is 0 Å². The average Bonchev–Trinajstić information content (AvgIpc) is 2.14. The molecule has 66 valence electrons. The van der Waals surface area contributed by atoms with Gasteiger partial charge in [-0.2, -0.15) is 11.8 Å². The second kappa shape index (κ2) is 6.06. The molecular weight excluding hydrogens is 166 g/mol. The summed E-state index contributed by atoms with van der Waals surface area (Å²) in [6.07, 6.45) is 4.23. The Hall–Kier alpha value is -0.500. The third-order valence-electron chi connectivity index (χ3n) is 1.58. The minimum absolute atomic E-state index is 1.10. The fourth-order valence-corrected chi connectivity index (χ4v) is 1.82. The van der Waals surface area contributed by atoms with E-state index in [0.717, 1.165) is 6.42 Å². The highest BCUT2D eigenvalue weighted by Crippen LogP contribution is 2.05. The van der Waals surface area contributed by atoms with E-state index in [4.69, 9.17) is 0 Å². The van der Waals surface area contributed by atoms with Crippen molar-refractivity contribution in [1.82, 2.24) is 4.98 Å². The molecule has 0 saturated carbocycles. The van der Waals surface area contributed by atoms with Crippen molar-refractivity contribution in [1.29, 1.82) is 0 Å². The molecule has 0 atom stereocenters. The molecule has 2 heteroatoms. The molecule has 1 aromatic rings. The lowest BCUT2D eigenvalue weighted by Crippen LogP contribution is -1.91. The van der Waals surface area contributed by atoms with Gasteiger partial charge in [0.25, 0.3) is 0 Å². The van der Waals surface area contributed by atoms with Crippen molar-refractivity contribution < 1.29 is 0 Å². The molecule has 0 aliphatic rings. The van der Waals surface area contributed by atoms with E-state index in [1.54, 1.807) is 0 Å². The lowest BCUT2D eigenvalue weighted by molar-refractivity contribution is 1.04. The Morgan fingerprint density at radius 1 is 1.33 bits per heavy atom. The Morgan fingerprint density at radius 3 is 2.92 bits per heavy atom. The Labute approximate surface area is 78.6 Å². The van der Waals surface area contributed by atoms with Gasteiger partial charge < -0.3 is 0 Å². The van der Waals surface area contributed by atoms with Crippen LogP contribution in [0, 0.1) is 0 Å². The lowest BCUT2D eigenvalue weighted by atomic mass is 10.3.